The highest BCUT2D eigenvalue weighted by Gasteiger charge is 2.36. The summed E-state index contributed by atoms with van der Waals surface area (Å²) in [5.74, 6) is -0.268. The fourth-order valence-electron chi connectivity index (χ4n) is 1.67. The van der Waals surface area contributed by atoms with Crippen LogP contribution in [0.1, 0.15) is 13.3 Å². The number of nitrogens with zero attached hydrogens (tertiary/aromatic N) is 3. The maximum absolute atomic E-state index is 10.9. The zero-order chi connectivity index (χ0) is 14.3. The number of hydrogen-bond acceptors (Lipinski definition) is 6. The molecule has 108 valence electrons. The highest BCUT2D eigenvalue weighted by Crippen LogP contribution is 2.25. The van der Waals surface area contributed by atoms with Crippen LogP contribution in [0.15, 0.2) is 5.11 Å². The van der Waals surface area contributed by atoms with Crippen LogP contribution in [0.5, 0.6) is 0 Å². The normalized spacial score (nSPS) is 27.6. The molecule has 2 N–H and O–H groups in total. The van der Waals surface area contributed by atoms with E-state index in [1.54, 1.807) is 0 Å². The van der Waals surface area contributed by atoms with Crippen LogP contribution in [0.3, 0.4) is 0 Å². The summed E-state index contributed by atoms with van der Waals surface area (Å²) < 4.78 is 25.8. The maximum Gasteiger partial charge on any atom is 0.316 e. The first-order chi connectivity index (χ1) is 9.02. The molecule has 0 radical (unpaired) electrons. The van der Waals surface area contributed by atoms with Gasteiger partial charge in [0.1, 0.15) is 19.1 Å². The van der Waals surface area contributed by atoms with E-state index in [9.17, 15) is 9.36 Å². The van der Waals surface area contributed by atoms with Crippen LogP contribution < -0.4 is 5.32 Å². The number of azide groups is 1. The molecule has 0 aromatic carbocycles. The fourth-order valence-corrected chi connectivity index (χ4v) is 1.97. The number of ether oxygens (including phenoxy) is 2. The van der Waals surface area contributed by atoms with Crippen molar-refractivity contribution in [2.75, 3.05) is 13.3 Å². The molecule has 1 saturated heterocycles. The molecule has 19 heavy (non-hydrogen) atoms. The average Bonchev–Trinajstić information content (AvgIpc) is 2.68. The molecule has 4 atom stereocenters. The van der Waals surface area contributed by atoms with Crippen molar-refractivity contribution >= 4 is 14.2 Å². The maximum atomic E-state index is 10.9. The van der Waals surface area contributed by atoms with Crippen molar-refractivity contribution in [2.24, 2.45) is 5.11 Å². The van der Waals surface area contributed by atoms with E-state index in [1.807, 2.05) is 0 Å². The predicted molar refractivity (Wildman–Crippen MR) is 63.2 cm³/mol. The Kier molecular flexibility index (Phi) is 6.79. The average molecular weight is 294 g/mol. The minimum Gasteiger partial charge on any atom is -0.369 e. The van der Waals surface area contributed by atoms with Gasteiger partial charge in [-0.1, -0.05) is 5.11 Å². The molecule has 11 heteroatoms. The molecule has 0 spiro atoms. The smallest absolute Gasteiger partial charge is 0.316 e. The van der Waals surface area contributed by atoms with Crippen molar-refractivity contribution in [3.05, 3.63) is 10.4 Å². The van der Waals surface area contributed by atoms with Crippen molar-refractivity contribution < 1.29 is 28.3 Å². The molecule has 0 aliphatic carbocycles. The van der Waals surface area contributed by atoms with E-state index >= 15 is 0 Å². The third kappa shape index (κ3) is 6.02. The second-order valence-corrected chi connectivity index (χ2v) is 4.56. The minimum absolute atomic E-state index is 0.148. The van der Waals surface area contributed by atoms with Gasteiger partial charge in [0.2, 0.25) is 5.91 Å². The van der Waals surface area contributed by atoms with Crippen LogP contribution in [-0.4, -0.2) is 42.6 Å². The SMILES string of the molecule is CC(=O)N[C@H]1CC(OCN=[N+]=[N-])[C@@H](CO[PH](=O)O)O1. The van der Waals surface area contributed by atoms with Gasteiger partial charge in [-0.25, -0.2) is 0 Å². The molecule has 1 rings (SSSR count). The van der Waals surface area contributed by atoms with E-state index in [-0.39, 0.29) is 19.2 Å². The number of amides is 1. The zero-order valence-corrected chi connectivity index (χ0v) is 11.2. The first-order valence-electron chi connectivity index (χ1n) is 5.43. The Morgan fingerprint density at radius 1 is 1.74 bits per heavy atom. The monoisotopic (exact) mass is 294 g/mol. The molecule has 2 unspecified atom stereocenters. The lowest BCUT2D eigenvalue weighted by atomic mass is 10.2. The molecule has 1 aliphatic rings. The lowest BCUT2D eigenvalue weighted by Crippen LogP contribution is -2.33. The summed E-state index contributed by atoms with van der Waals surface area (Å²) >= 11 is 0. The summed E-state index contributed by atoms with van der Waals surface area (Å²) in [4.78, 5) is 22.1. The molecule has 1 aliphatic heterocycles. The van der Waals surface area contributed by atoms with Crippen molar-refractivity contribution in [3.63, 3.8) is 0 Å². The molecule has 1 heterocycles. The molecule has 1 fully saturated rings. The number of hydrogen-bond donors (Lipinski definition) is 2. The van der Waals surface area contributed by atoms with Gasteiger partial charge in [0.15, 0.2) is 0 Å². The van der Waals surface area contributed by atoms with E-state index in [2.05, 4.69) is 19.9 Å². The number of nitrogens with one attached hydrogen (secondary N) is 1. The summed E-state index contributed by atoms with van der Waals surface area (Å²) in [6, 6.07) is 0. The quantitative estimate of drug-likeness (QED) is 0.299. The summed E-state index contributed by atoms with van der Waals surface area (Å²) in [7, 11) is -3.06. The first kappa shape index (κ1) is 15.9. The summed E-state index contributed by atoms with van der Waals surface area (Å²) in [5.41, 5.74) is 8.15. The number of carbonyl (C=O) groups is 1. The molecule has 0 saturated carbocycles. The van der Waals surface area contributed by atoms with Gasteiger partial charge in [-0.2, -0.15) is 0 Å². The number of rotatable bonds is 7. The fraction of sp³-hybridized carbons (Fsp3) is 0.875. The lowest BCUT2D eigenvalue weighted by Gasteiger charge is -2.17. The van der Waals surface area contributed by atoms with Gasteiger partial charge in [-0.05, 0) is 5.53 Å². The third-order valence-corrected chi connectivity index (χ3v) is 2.76. The topological polar surface area (TPSA) is 143 Å². The van der Waals surface area contributed by atoms with Crippen molar-refractivity contribution in [2.45, 2.75) is 31.8 Å². The van der Waals surface area contributed by atoms with Crippen molar-refractivity contribution in [1.29, 1.82) is 0 Å². The van der Waals surface area contributed by atoms with E-state index in [1.165, 1.54) is 6.92 Å². The number of carbonyl (C=O) groups excluding carboxylic acids is 1. The van der Waals surface area contributed by atoms with Crippen LogP contribution in [0.25, 0.3) is 10.4 Å². The van der Waals surface area contributed by atoms with Crippen molar-refractivity contribution in [1.82, 2.24) is 5.32 Å². The second kappa shape index (κ2) is 8.11. The van der Waals surface area contributed by atoms with Crippen LogP contribution in [0.2, 0.25) is 0 Å². The molecule has 10 nitrogen and oxygen atoms in total. The van der Waals surface area contributed by atoms with Gasteiger partial charge in [-0.3, -0.25) is 9.36 Å². The largest absolute Gasteiger partial charge is 0.369 e. The summed E-state index contributed by atoms with van der Waals surface area (Å²) in [6.45, 7) is 1.00. The minimum atomic E-state index is -3.06. The summed E-state index contributed by atoms with van der Waals surface area (Å²) in [6.07, 6.45) is -1.35. The van der Waals surface area contributed by atoms with Gasteiger partial charge >= 0.3 is 8.25 Å². The highest BCUT2D eigenvalue weighted by atomic mass is 31.1. The predicted octanol–water partition coefficient (Wildman–Crippen LogP) is 0.289. The van der Waals surface area contributed by atoms with Gasteiger partial charge in [0.05, 0.1) is 12.7 Å². The van der Waals surface area contributed by atoms with Gasteiger partial charge < -0.3 is 24.2 Å². The zero-order valence-electron chi connectivity index (χ0n) is 10.2. The van der Waals surface area contributed by atoms with E-state index in [4.69, 9.17) is 19.9 Å². The Bertz CT molecular complexity index is 373. The van der Waals surface area contributed by atoms with E-state index in [0.717, 1.165) is 0 Å². The molecule has 1 amide bonds. The van der Waals surface area contributed by atoms with Crippen LogP contribution in [-0.2, 0) is 23.4 Å². The molecular weight excluding hydrogens is 279 g/mol. The molecule has 0 bridgehead atoms. The van der Waals surface area contributed by atoms with E-state index in [0.29, 0.717) is 6.42 Å². The standard InChI is InChI=1S/C8H15N4O6P/c1-5(13)11-8-2-6(16-4-10-12-9)7(18-8)3-17-19(14)15/h6-8,19H,2-4H2,1H3,(H,11,13)(H,14,15)/t6?,7-,8-/m1/s1. The first-order valence-corrected chi connectivity index (χ1v) is 6.70. The van der Waals surface area contributed by atoms with Crippen molar-refractivity contribution in [3.8, 4) is 0 Å². The van der Waals surface area contributed by atoms with Crippen LogP contribution in [0.4, 0.5) is 0 Å². The van der Waals surface area contributed by atoms with Gasteiger partial charge in [-0.15, -0.1) is 0 Å². The third-order valence-electron chi connectivity index (χ3n) is 2.35. The Balaban J connectivity index is 2.52. The lowest BCUT2D eigenvalue weighted by molar-refractivity contribution is -0.123. The Labute approximate surface area is 109 Å². The van der Waals surface area contributed by atoms with Crippen LogP contribution >= 0.6 is 8.25 Å². The summed E-state index contributed by atoms with van der Waals surface area (Å²) in [5, 5.41) is 5.77. The highest BCUT2D eigenvalue weighted by molar-refractivity contribution is 7.32. The van der Waals surface area contributed by atoms with Crippen LogP contribution in [0, 0.1) is 0 Å². The molecule has 0 aromatic rings. The molecule has 0 aromatic heterocycles. The molecular formula is C8H15N4O6P. The van der Waals surface area contributed by atoms with Gasteiger partial charge in [0, 0.05) is 18.3 Å². The second-order valence-electron chi connectivity index (χ2n) is 3.74. The Hall–Kier alpha value is -1.15. The van der Waals surface area contributed by atoms with E-state index < -0.39 is 26.7 Å². The van der Waals surface area contributed by atoms with Gasteiger partial charge in [0.25, 0.3) is 0 Å². The Morgan fingerprint density at radius 3 is 3.05 bits per heavy atom. The Morgan fingerprint density at radius 2 is 2.47 bits per heavy atom.